The van der Waals surface area contributed by atoms with Gasteiger partial charge in [-0.3, -0.25) is 4.79 Å². The molecule has 84 valence electrons. The number of nitrogens with zero attached hydrogens (tertiary/aromatic N) is 1. The minimum absolute atomic E-state index is 0.167. The number of hydrogen-bond donors (Lipinski definition) is 1. The highest BCUT2D eigenvalue weighted by atomic mass is 16.5. The summed E-state index contributed by atoms with van der Waals surface area (Å²) in [7, 11) is 4.12. The van der Waals surface area contributed by atoms with E-state index < -0.39 is 0 Å². The maximum absolute atomic E-state index is 10.9. The topological polar surface area (TPSA) is 41.6 Å². The first-order valence-corrected chi connectivity index (χ1v) is 5.18. The molecule has 0 bridgehead atoms. The van der Waals surface area contributed by atoms with E-state index in [2.05, 4.69) is 24.3 Å². The van der Waals surface area contributed by atoms with Crippen molar-refractivity contribution in [2.45, 2.75) is 19.8 Å². The van der Waals surface area contributed by atoms with Crippen molar-refractivity contribution in [2.75, 3.05) is 40.3 Å². The lowest BCUT2D eigenvalue weighted by molar-refractivity contribution is -0.141. The minimum Gasteiger partial charge on any atom is -0.465 e. The van der Waals surface area contributed by atoms with E-state index in [1.54, 1.807) is 0 Å². The van der Waals surface area contributed by atoms with Gasteiger partial charge < -0.3 is 15.0 Å². The van der Waals surface area contributed by atoms with Crippen molar-refractivity contribution in [1.29, 1.82) is 0 Å². The predicted molar refractivity (Wildman–Crippen MR) is 57.3 cm³/mol. The molecule has 0 spiro atoms. The molecule has 0 amide bonds. The lowest BCUT2D eigenvalue weighted by Crippen LogP contribution is -2.26. The van der Waals surface area contributed by atoms with Crippen molar-refractivity contribution in [1.82, 2.24) is 10.2 Å². The van der Waals surface area contributed by atoms with Crippen LogP contribution in [0.5, 0.6) is 0 Å². The maximum Gasteiger partial charge on any atom is 0.319 e. The Morgan fingerprint density at radius 2 is 2.07 bits per heavy atom. The van der Waals surface area contributed by atoms with E-state index in [4.69, 9.17) is 4.74 Å². The van der Waals surface area contributed by atoms with Gasteiger partial charge >= 0.3 is 5.97 Å². The zero-order chi connectivity index (χ0) is 10.8. The molecule has 0 radical (unpaired) electrons. The van der Waals surface area contributed by atoms with Gasteiger partial charge in [0, 0.05) is 0 Å². The maximum atomic E-state index is 10.9. The Balaban J connectivity index is 3.09. The van der Waals surface area contributed by atoms with Crippen LogP contribution in [0.3, 0.4) is 0 Å². The third-order valence-corrected chi connectivity index (χ3v) is 1.78. The average molecular weight is 202 g/mol. The van der Waals surface area contributed by atoms with Crippen LogP contribution >= 0.6 is 0 Å². The molecular weight excluding hydrogens is 180 g/mol. The third kappa shape index (κ3) is 9.48. The van der Waals surface area contributed by atoms with Crippen molar-refractivity contribution in [3.63, 3.8) is 0 Å². The molecule has 0 atom stereocenters. The molecule has 0 heterocycles. The molecule has 0 aromatic rings. The lowest BCUT2D eigenvalue weighted by atomic mass is 10.3. The zero-order valence-electron chi connectivity index (χ0n) is 9.51. The van der Waals surface area contributed by atoms with E-state index in [1.807, 2.05) is 6.92 Å². The normalized spacial score (nSPS) is 10.6. The van der Waals surface area contributed by atoms with Gasteiger partial charge in [-0.05, 0) is 47.0 Å². The van der Waals surface area contributed by atoms with E-state index >= 15 is 0 Å². The van der Waals surface area contributed by atoms with Crippen LogP contribution in [-0.2, 0) is 9.53 Å². The first kappa shape index (κ1) is 13.4. The molecule has 0 rings (SSSR count). The Bertz CT molecular complexity index is 149. The monoisotopic (exact) mass is 202 g/mol. The fourth-order valence-corrected chi connectivity index (χ4v) is 1.08. The van der Waals surface area contributed by atoms with E-state index in [-0.39, 0.29) is 5.97 Å². The van der Waals surface area contributed by atoms with Crippen LogP contribution in [0.4, 0.5) is 0 Å². The predicted octanol–water partition coefficient (Wildman–Crippen LogP) is 0.481. The summed E-state index contributed by atoms with van der Waals surface area (Å²) in [6.07, 6.45) is 2.25. The second-order valence-electron chi connectivity index (χ2n) is 3.49. The van der Waals surface area contributed by atoms with Gasteiger partial charge in [0.2, 0.25) is 0 Å². The molecule has 0 saturated carbocycles. The standard InChI is InChI=1S/C10H22N2O2/c1-4-14-10(13)9-11-7-5-6-8-12(2)3/h11H,4-9H2,1-3H3. The molecule has 0 aliphatic carbocycles. The second kappa shape index (κ2) is 8.97. The van der Waals surface area contributed by atoms with Crippen LogP contribution in [-0.4, -0.2) is 51.2 Å². The number of carbonyl (C=O) groups excluding carboxylic acids is 1. The quantitative estimate of drug-likeness (QED) is 0.459. The van der Waals surface area contributed by atoms with Crippen molar-refractivity contribution in [3.05, 3.63) is 0 Å². The smallest absolute Gasteiger partial charge is 0.319 e. The molecule has 0 unspecified atom stereocenters. The Morgan fingerprint density at radius 3 is 2.64 bits per heavy atom. The Morgan fingerprint density at radius 1 is 1.36 bits per heavy atom. The van der Waals surface area contributed by atoms with Gasteiger partial charge in [-0.1, -0.05) is 0 Å². The molecule has 0 fully saturated rings. The van der Waals surface area contributed by atoms with Crippen molar-refractivity contribution >= 4 is 5.97 Å². The zero-order valence-corrected chi connectivity index (χ0v) is 9.51. The fraction of sp³-hybridized carbons (Fsp3) is 0.900. The van der Waals surface area contributed by atoms with E-state index in [1.165, 1.54) is 0 Å². The van der Waals surface area contributed by atoms with Crippen molar-refractivity contribution in [3.8, 4) is 0 Å². The second-order valence-corrected chi connectivity index (χ2v) is 3.49. The highest BCUT2D eigenvalue weighted by molar-refractivity contribution is 5.71. The van der Waals surface area contributed by atoms with Crippen LogP contribution in [0.15, 0.2) is 0 Å². The summed E-state index contributed by atoms with van der Waals surface area (Å²) in [6, 6.07) is 0. The van der Waals surface area contributed by atoms with Gasteiger partial charge in [0.1, 0.15) is 0 Å². The molecule has 14 heavy (non-hydrogen) atoms. The van der Waals surface area contributed by atoms with Gasteiger partial charge in [0.25, 0.3) is 0 Å². The summed E-state index contributed by atoms with van der Waals surface area (Å²) in [6.45, 7) is 4.58. The van der Waals surface area contributed by atoms with Gasteiger partial charge in [-0.25, -0.2) is 0 Å². The van der Waals surface area contributed by atoms with Crippen molar-refractivity contribution in [2.24, 2.45) is 0 Å². The molecule has 4 nitrogen and oxygen atoms in total. The summed E-state index contributed by atoms with van der Waals surface area (Å²) in [4.78, 5) is 13.0. The SMILES string of the molecule is CCOC(=O)CNCCCCN(C)C. The Kier molecular flexibility index (Phi) is 8.57. The number of nitrogens with one attached hydrogen (secondary N) is 1. The number of rotatable bonds is 8. The van der Waals surface area contributed by atoms with Gasteiger partial charge in [-0.2, -0.15) is 0 Å². The number of esters is 1. The molecular formula is C10H22N2O2. The summed E-state index contributed by atoms with van der Waals surface area (Å²) < 4.78 is 4.78. The van der Waals surface area contributed by atoms with Crippen molar-refractivity contribution < 1.29 is 9.53 Å². The summed E-state index contributed by atoms with van der Waals surface area (Å²) >= 11 is 0. The van der Waals surface area contributed by atoms with Crippen LogP contribution in [0.2, 0.25) is 0 Å². The molecule has 0 aliphatic heterocycles. The summed E-state index contributed by atoms with van der Waals surface area (Å²) in [5.74, 6) is -0.167. The molecule has 1 N–H and O–H groups in total. The summed E-state index contributed by atoms with van der Waals surface area (Å²) in [5, 5.41) is 3.05. The molecule has 0 aliphatic rings. The van der Waals surface area contributed by atoms with Gasteiger partial charge in [0.05, 0.1) is 13.2 Å². The third-order valence-electron chi connectivity index (χ3n) is 1.78. The van der Waals surface area contributed by atoms with Gasteiger partial charge in [-0.15, -0.1) is 0 Å². The highest BCUT2D eigenvalue weighted by Crippen LogP contribution is 1.88. The molecule has 4 heteroatoms. The Labute approximate surface area is 86.6 Å². The van der Waals surface area contributed by atoms with Crippen LogP contribution in [0.25, 0.3) is 0 Å². The lowest BCUT2D eigenvalue weighted by Gasteiger charge is -2.09. The first-order valence-electron chi connectivity index (χ1n) is 5.18. The highest BCUT2D eigenvalue weighted by Gasteiger charge is 1.99. The number of ether oxygens (including phenoxy) is 1. The van der Waals surface area contributed by atoms with Crippen LogP contribution in [0.1, 0.15) is 19.8 Å². The van der Waals surface area contributed by atoms with E-state index in [0.717, 1.165) is 25.9 Å². The molecule has 0 aromatic heterocycles. The largest absolute Gasteiger partial charge is 0.465 e. The van der Waals surface area contributed by atoms with E-state index in [0.29, 0.717) is 13.2 Å². The Hall–Kier alpha value is -0.610. The number of unbranched alkanes of at least 4 members (excludes halogenated alkanes) is 1. The first-order chi connectivity index (χ1) is 6.66. The fourth-order valence-electron chi connectivity index (χ4n) is 1.08. The average Bonchev–Trinajstić information content (AvgIpc) is 2.11. The van der Waals surface area contributed by atoms with E-state index in [9.17, 15) is 4.79 Å². The molecule has 0 saturated heterocycles. The number of hydrogen-bond acceptors (Lipinski definition) is 4. The number of carbonyl (C=O) groups is 1. The molecule has 0 aromatic carbocycles. The summed E-state index contributed by atoms with van der Waals surface area (Å²) in [5.41, 5.74) is 0. The van der Waals surface area contributed by atoms with Gasteiger partial charge in [0.15, 0.2) is 0 Å². The van der Waals surface area contributed by atoms with Crippen LogP contribution < -0.4 is 5.32 Å². The van der Waals surface area contributed by atoms with Crippen LogP contribution in [0, 0.1) is 0 Å². The minimum atomic E-state index is -0.167.